The summed E-state index contributed by atoms with van der Waals surface area (Å²) in [6, 6.07) is -1.07. The van der Waals surface area contributed by atoms with E-state index in [9.17, 15) is 22.8 Å². The number of esters is 1. The second-order valence-corrected chi connectivity index (χ2v) is 6.33. The van der Waals surface area contributed by atoms with Crippen molar-refractivity contribution in [2.45, 2.75) is 52.1 Å². The molecule has 0 aromatic carbocycles. The van der Waals surface area contributed by atoms with Gasteiger partial charge >= 0.3 is 12.1 Å². The van der Waals surface area contributed by atoms with Crippen LogP contribution in [0, 0.1) is 0 Å². The summed E-state index contributed by atoms with van der Waals surface area (Å²) >= 11 is 0. The molecule has 1 unspecified atom stereocenters. The molecule has 2 heterocycles. The van der Waals surface area contributed by atoms with Crippen molar-refractivity contribution in [1.29, 1.82) is 0 Å². The number of aromatic nitrogens is 2. The SMILES string of the molecule is CC(=O)c1nc(C(F)(F)F)c2n1C(C(=O)OC(C)(C)C)CNC2. The van der Waals surface area contributed by atoms with Crippen molar-refractivity contribution in [3.05, 3.63) is 17.2 Å². The predicted molar refractivity (Wildman–Crippen MR) is 73.8 cm³/mol. The third-order valence-electron chi connectivity index (χ3n) is 3.21. The molecule has 23 heavy (non-hydrogen) atoms. The van der Waals surface area contributed by atoms with E-state index >= 15 is 0 Å². The van der Waals surface area contributed by atoms with Gasteiger partial charge in [-0.1, -0.05) is 0 Å². The molecule has 1 N–H and O–H groups in total. The highest BCUT2D eigenvalue weighted by Crippen LogP contribution is 2.35. The van der Waals surface area contributed by atoms with Crippen LogP contribution in [0.1, 0.15) is 55.7 Å². The van der Waals surface area contributed by atoms with Crippen LogP contribution in [0.3, 0.4) is 0 Å². The molecular formula is C14H18F3N3O3. The Kier molecular flexibility index (Phi) is 4.27. The van der Waals surface area contributed by atoms with Crippen molar-refractivity contribution in [2.75, 3.05) is 6.54 Å². The second-order valence-electron chi connectivity index (χ2n) is 6.33. The van der Waals surface area contributed by atoms with Gasteiger partial charge in [-0.3, -0.25) is 4.79 Å². The summed E-state index contributed by atoms with van der Waals surface area (Å²) in [5.41, 5.74) is -2.17. The third-order valence-corrected chi connectivity index (χ3v) is 3.21. The van der Waals surface area contributed by atoms with E-state index in [0.29, 0.717) is 0 Å². The van der Waals surface area contributed by atoms with Crippen molar-refractivity contribution < 1.29 is 27.5 Å². The third kappa shape index (κ3) is 3.54. The lowest BCUT2D eigenvalue weighted by Crippen LogP contribution is -2.41. The number of fused-ring (bicyclic) bond motifs is 1. The van der Waals surface area contributed by atoms with Crippen LogP contribution < -0.4 is 5.32 Å². The van der Waals surface area contributed by atoms with Gasteiger partial charge in [0.1, 0.15) is 11.6 Å². The quantitative estimate of drug-likeness (QED) is 0.663. The summed E-state index contributed by atoms with van der Waals surface area (Å²) in [6.07, 6.45) is -4.71. The van der Waals surface area contributed by atoms with E-state index in [0.717, 1.165) is 11.5 Å². The molecule has 1 aromatic rings. The highest BCUT2D eigenvalue weighted by atomic mass is 19.4. The van der Waals surface area contributed by atoms with Gasteiger partial charge in [0.2, 0.25) is 0 Å². The van der Waals surface area contributed by atoms with Crippen molar-refractivity contribution in [3.63, 3.8) is 0 Å². The number of nitrogens with zero attached hydrogens (tertiary/aromatic N) is 2. The summed E-state index contributed by atoms with van der Waals surface area (Å²) in [6.45, 7) is 6.02. The highest BCUT2D eigenvalue weighted by molar-refractivity contribution is 5.92. The molecule has 1 atom stereocenters. The number of halogens is 3. The van der Waals surface area contributed by atoms with E-state index in [4.69, 9.17) is 4.74 Å². The first-order chi connectivity index (χ1) is 10.4. The molecule has 0 aliphatic carbocycles. The number of nitrogens with one attached hydrogen (secondary N) is 1. The van der Waals surface area contributed by atoms with Gasteiger partial charge in [0.15, 0.2) is 17.3 Å². The van der Waals surface area contributed by atoms with E-state index in [1.807, 2.05) is 0 Å². The molecular weight excluding hydrogens is 315 g/mol. The van der Waals surface area contributed by atoms with Gasteiger partial charge in [-0.15, -0.1) is 0 Å². The van der Waals surface area contributed by atoms with Crippen LogP contribution in [0.2, 0.25) is 0 Å². The molecule has 0 bridgehead atoms. The molecule has 0 fully saturated rings. The second kappa shape index (κ2) is 5.63. The van der Waals surface area contributed by atoms with E-state index in [1.165, 1.54) is 0 Å². The van der Waals surface area contributed by atoms with Crippen LogP contribution in [0.5, 0.6) is 0 Å². The zero-order valence-corrected chi connectivity index (χ0v) is 13.2. The number of hydrogen-bond donors (Lipinski definition) is 1. The minimum absolute atomic E-state index is 0.0653. The number of ketones is 1. The molecule has 9 heteroatoms. The van der Waals surface area contributed by atoms with Crippen LogP contribution in [0.15, 0.2) is 0 Å². The highest BCUT2D eigenvalue weighted by Gasteiger charge is 2.43. The topological polar surface area (TPSA) is 73.2 Å². The molecule has 0 radical (unpaired) electrons. The maximum atomic E-state index is 13.1. The molecule has 0 saturated carbocycles. The molecule has 1 aliphatic heterocycles. The molecule has 2 rings (SSSR count). The van der Waals surface area contributed by atoms with Gasteiger partial charge in [0.05, 0.1) is 5.69 Å². The number of Topliss-reactive ketones (excluding diaryl/α,β-unsaturated/α-hetero) is 1. The summed E-state index contributed by atoms with van der Waals surface area (Å²) in [7, 11) is 0. The fraction of sp³-hybridized carbons (Fsp3) is 0.643. The van der Waals surface area contributed by atoms with Crippen molar-refractivity contribution in [2.24, 2.45) is 0 Å². The zero-order valence-electron chi connectivity index (χ0n) is 13.2. The lowest BCUT2D eigenvalue weighted by molar-refractivity contribution is -0.159. The first-order valence-electron chi connectivity index (χ1n) is 7.04. The Morgan fingerprint density at radius 1 is 1.30 bits per heavy atom. The van der Waals surface area contributed by atoms with Crippen molar-refractivity contribution in [1.82, 2.24) is 14.9 Å². The van der Waals surface area contributed by atoms with Crippen LogP contribution in [0.4, 0.5) is 13.2 Å². The summed E-state index contributed by atoms with van der Waals surface area (Å²) in [5.74, 6) is -1.73. The number of ether oxygens (including phenoxy) is 1. The number of imidazole rings is 1. The molecule has 0 amide bonds. The Morgan fingerprint density at radius 2 is 1.91 bits per heavy atom. The lowest BCUT2D eigenvalue weighted by Gasteiger charge is -2.29. The molecule has 0 saturated heterocycles. The molecule has 1 aromatic heterocycles. The molecule has 128 valence electrons. The maximum Gasteiger partial charge on any atom is 0.435 e. The largest absolute Gasteiger partial charge is 0.458 e. The zero-order chi connectivity index (χ0) is 17.6. The van der Waals surface area contributed by atoms with Crippen molar-refractivity contribution in [3.8, 4) is 0 Å². The van der Waals surface area contributed by atoms with Crippen LogP contribution >= 0.6 is 0 Å². The van der Waals surface area contributed by atoms with Gasteiger partial charge in [-0.25, -0.2) is 9.78 Å². The Labute approximate surface area is 131 Å². The molecule has 6 nitrogen and oxygen atoms in total. The van der Waals surface area contributed by atoms with E-state index in [1.54, 1.807) is 20.8 Å². The normalized spacial score (nSPS) is 18.5. The first kappa shape index (κ1) is 17.5. The maximum absolute atomic E-state index is 13.1. The van der Waals surface area contributed by atoms with Gasteiger partial charge < -0.3 is 14.6 Å². The van der Waals surface area contributed by atoms with Gasteiger partial charge in [0, 0.05) is 20.0 Å². The monoisotopic (exact) mass is 333 g/mol. The molecule has 1 aliphatic rings. The smallest absolute Gasteiger partial charge is 0.435 e. The Morgan fingerprint density at radius 3 is 2.39 bits per heavy atom. The standard InChI is InChI=1S/C14H18F3N3O3/c1-7(21)11-19-10(14(15,16)17)8-5-18-6-9(20(8)11)12(22)23-13(2,3)4/h9,18H,5-6H2,1-4H3. The number of carbonyl (C=O) groups excluding carboxylic acids is 2. The Balaban J connectivity index is 2.54. The lowest BCUT2D eigenvalue weighted by atomic mass is 10.1. The average molecular weight is 333 g/mol. The Bertz CT molecular complexity index is 644. The summed E-state index contributed by atoms with van der Waals surface area (Å²) in [4.78, 5) is 27.4. The number of alkyl halides is 3. The summed E-state index contributed by atoms with van der Waals surface area (Å²) < 4.78 is 45.7. The van der Waals surface area contributed by atoms with Gasteiger partial charge in [-0.2, -0.15) is 13.2 Å². The van der Waals surface area contributed by atoms with E-state index < -0.39 is 35.3 Å². The number of carbonyl (C=O) groups is 2. The van der Waals surface area contributed by atoms with E-state index in [-0.39, 0.29) is 24.6 Å². The number of hydrogen-bond acceptors (Lipinski definition) is 5. The van der Waals surface area contributed by atoms with Gasteiger partial charge in [0.25, 0.3) is 0 Å². The van der Waals surface area contributed by atoms with Gasteiger partial charge in [-0.05, 0) is 20.8 Å². The summed E-state index contributed by atoms with van der Waals surface area (Å²) in [5, 5.41) is 2.75. The minimum atomic E-state index is -4.71. The average Bonchev–Trinajstić information content (AvgIpc) is 2.75. The fourth-order valence-electron chi connectivity index (χ4n) is 2.42. The van der Waals surface area contributed by atoms with Crippen LogP contribution in [-0.4, -0.2) is 33.4 Å². The van der Waals surface area contributed by atoms with Crippen LogP contribution in [-0.2, 0) is 22.3 Å². The predicted octanol–water partition coefficient (Wildman–Crippen LogP) is 2.09. The first-order valence-corrected chi connectivity index (χ1v) is 7.04. The van der Waals surface area contributed by atoms with Crippen LogP contribution in [0.25, 0.3) is 0 Å². The number of rotatable bonds is 2. The Hall–Kier alpha value is -1.90. The van der Waals surface area contributed by atoms with E-state index in [2.05, 4.69) is 10.3 Å². The van der Waals surface area contributed by atoms with Crippen molar-refractivity contribution >= 4 is 11.8 Å². The minimum Gasteiger partial charge on any atom is -0.458 e. The molecule has 0 spiro atoms. The fourth-order valence-corrected chi connectivity index (χ4v) is 2.42.